The number of nitrogens with zero attached hydrogens (tertiary/aromatic N) is 3. The van der Waals surface area contributed by atoms with E-state index in [9.17, 15) is 23.2 Å². The number of alkyl halides is 2. The zero-order valence-corrected chi connectivity index (χ0v) is 21.3. The number of anilines is 1. The highest BCUT2D eigenvalue weighted by atomic mass is 32.2. The summed E-state index contributed by atoms with van der Waals surface area (Å²) < 4.78 is 32.1. The van der Waals surface area contributed by atoms with Crippen LogP contribution in [0.25, 0.3) is 0 Å². The van der Waals surface area contributed by atoms with E-state index in [4.69, 9.17) is 10.00 Å². The number of carbonyl (C=O) groups excluding carboxylic acids is 3. The fourth-order valence-electron chi connectivity index (χ4n) is 3.20. The maximum absolute atomic E-state index is 13.5. The molecular weight excluding hydrogens is 512 g/mol. The Bertz CT molecular complexity index is 1130. The first kappa shape index (κ1) is 27.3. The molecule has 1 aromatic heterocycles. The number of halogens is 2. The molecule has 3 rings (SSSR count). The van der Waals surface area contributed by atoms with Crippen molar-refractivity contribution in [2.45, 2.75) is 42.9 Å². The first-order valence-corrected chi connectivity index (χ1v) is 12.9. The highest BCUT2D eigenvalue weighted by Gasteiger charge is 2.47. The van der Waals surface area contributed by atoms with Gasteiger partial charge in [-0.2, -0.15) is 5.26 Å². The second-order valence-electron chi connectivity index (χ2n) is 8.47. The number of carbonyl (C=O) groups is 3. The second-order valence-corrected chi connectivity index (χ2v) is 10.5. The molecule has 1 aromatic carbocycles. The zero-order chi connectivity index (χ0) is 26.3. The number of benzene rings is 1. The molecule has 13 heteroatoms. The van der Waals surface area contributed by atoms with Crippen LogP contribution in [0.4, 0.5) is 19.3 Å². The topological polar surface area (TPSA) is 124 Å². The van der Waals surface area contributed by atoms with Crippen LogP contribution in [0.15, 0.2) is 34.5 Å². The minimum atomic E-state index is -3.11. The van der Waals surface area contributed by atoms with E-state index in [0.29, 0.717) is 23.1 Å². The lowest BCUT2D eigenvalue weighted by Crippen LogP contribution is -2.43. The minimum absolute atomic E-state index is 0.117. The molecule has 1 saturated heterocycles. The van der Waals surface area contributed by atoms with Gasteiger partial charge in [-0.05, 0) is 30.2 Å². The highest BCUT2D eigenvalue weighted by molar-refractivity contribution is 7.98. The van der Waals surface area contributed by atoms with Crippen molar-refractivity contribution in [2.75, 3.05) is 25.0 Å². The molecule has 2 heterocycles. The van der Waals surface area contributed by atoms with Crippen molar-refractivity contribution >= 4 is 46.7 Å². The van der Waals surface area contributed by atoms with Crippen molar-refractivity contribution < 1.29 is 27.9 Å². The molecule has 1 aliphatic heterocycles. The number of hydrogen-bond donors (Lipinski definition) is 2. The molecular formula is C23H25F2N5O4S2. The third-order valence-corrected chi connectivity index (χ3v) is 6.99. The van der Waals surface area contributed by atoms with E-state index >= 15 is 0 Å². The Hall–Kier alpha value is -3.24. The van der Waals surface area contributed by atoms with Crippen LogP contribution in [0.5, 0.6) is 0 Å². The molecule has 0 bridgehead atoms. The van der Waals surface area contributed by atoms with Gasteiger partial charge in [0.1, 0.15) is 16.7 Å². The molecule has 0 radical (unpaired) electrons. The largest absolute Gasteiger partial charge is 0.449 e. The predicted molar refractivity (Wildman–Crippen MR) is 131 cm³/mol. The SMILES string of the molecule is CC(C)COC(=O)Nc1ccc(SCc2nc(C(=O)NCC(=O)N3CC(F)(F)C[C@H]3C#N)cs2)cc1. The Kier molecular flexibility index (Phi) is 9.22. The fraction of sp³-hybridized carbons (Fsp3) is 0.435. The molecule has 2 aromatic rings. The minimum Gasteiger partial charge on any atom is -0.449 e. The summed E-state index contributed by atoms with van der Waals surface area (Å²) in [5.74, 6) is -3.72. The van der Waals surface area contributed by atoms with Crippen LogP contribution in [0.2, 0.25) is 0 Å². The van der Waals surface area contributed by atoms with Gasteiger partial charge in [0.25, 0.3) is 11.8 Å². The standard InChI is InChI=1S/C23H25F2N5O4S2/c1-14(2)10-34-22(33)28-15-3-5-17(6-4-15)35-12-19-29-18(11-36-19)21(32)27-9-20(31)30-13-23(24,25)7-16(30)8-26/h3-6,11,14,16H,7,9-10,12-13H2,1-2H3,(H,27,32)(H,28,33)/t16-/m0/s1. The predicted octanol–water partition coefficient (Wildman–Crippen LogP) is 4.13. The van der Waals surface area contributed by atoms with Gasteiger partial charge in [-0.3, -0.25) is 14.9 Å². The average molecular weight is 538 g/mol. The quantitative estimate of drug-likeness (QED) is 0.461. The van der Waals surface area contributed by atoms with Crippen LogP contribution in [0, 0.1) is 17.2 Å². The molecule has 1 atom stereocenters. The smallest absolute Gasteiger partial charge is 0.411 e. The van der Waals surface area contributed by atoms with Gasteiger partial charge in [0, 0.05) is 22.4 Å². The summed E-state index contributed by atoms with van der Waals surface area (Å²) in [6, 6.07) is 7.67. The monoisotopic (exact) mass is 537 g/mol. The summed E-state index contributed by atoms with van der Waals surface area (Å²) >= 11 is 2.76. The van der Waals surface area contributed by atoms with E-state index in [2.05, 4.69) is 15.6 Å². The van der Waals surface area contributed by atoms with Crippen LogP contribution < -0.4 is 10.6 Å². The molecule has 0 saturated carbocycles. The Labute approximate surface area is 215 Å². The summed E-state index contributed by atoms with van der Waals surface area (Å²) in [4.78, 5) is 42.3. The zero-order valence-electron chi connectivity index (χ0n) is 19.6. The number of thioether (sulfide) groups is 1. The van der Waals surface area contributed by atoms with Gasteiger partial charge in [0.05, 0.1) is 31.5 Å². The van der Waals surface area contributed by atoms with Gasteiger partial charge in [0.15, 0.2) is 0 Å². The maximum atomic E-state index is 13.5. The number of ether oxygens (including phenoxy) is 1. The van der Waals surface area contributed by atoms with E-state index in [1.165, 1.54) is 23.1 Å². The van der Waals surface area contributed by atoms with Crippen molar-refractivity contribution in [1.82, 2.24) is 15.2 Å². The van der Waals surface area contributed by atoms with E-state index in [0.717, 1.165) is 9.80 Å². The molecule has 0 unspecified atom stereocenters. The lowest BCUT2D eigenvalue weighted by molar-refractivity contribution is -0.131. The number of rotatable bonds is 9. The van der Waals surface area contributed by atoms with Gasteiger partial charge < -0.3 is 15.0 Å². The van der Waals surface area contributed by atoms with Gasteiger partial charge in [-0.15, -0.1) is 23.1 Å². The van der Waals surface area contributed by atoms with Crippen LogP contribution in [-0.4, -0.2) is 59.5 Å². The first-order chi connectivity index (χ1) is 17.1. The van der Waals surface area contributed by atoms with Gasteiger partial charge in [-0.25, -0.2) is 18.6 Å². The Morgan fingerprint density at radius 3 is 2.72 bits per heavy atom. The third-order valence-electron chi connectivity index (χ3n) is 4.93. The molecule has 0 spiro atoms. The lowest BCUT2D eigenvalue weighted by atomic mass is 10.2. The second kappa shape index (κ2) is 12.1. The number of amides is 3. The molecule has 192 valence electrons. The van der Waals surface area contributed by atoms with Crippen molar-refractivity contribution in [3.05, 3.63) is 40.3 Å². The number of nitriles is 1. The summed E-state index contributed by atoms with van der Waals surface area (Å²) in [5.41, 5.74) is 0.723. The Morgan fingerprint density at radius 2 is 2.06 bits per heavy atom. The van der Waals surface area contributed by atoms with Crippen molar-refractivity contribution in [2.24, 2.45) is 5.92 Å². The van der Waals surface area contributed by atoms with Crippen molar-refractivity contribution in [3.8, 4) is 6.07 Å². The fourth-order valence-corrected chi connectivity index (χ4v) is 4.89. The average Bonchev–Trinajstić information content (AvgIpc) is 3.44. The lowest BCUT2D eigenvalue weighted by Gasteiger charge is -2.19. The summed E-state index contributed by atoms with van der Waals surface area (Å²) in [6.07, 6.45) is -1.22. The Balaban J connectivity index is 1.44. The van der Waals surface area contributed by atoms with Crippen LogP contribution >= 0.6 is 23.1 Å². The van der Waals surface area contributed by atoms with E-state index in [1.807, 2.05) is 26.0 Å². The van der Waals surface area contributed by atoms with Gasteiger partial charge >= 0.3 is 6.09 Å². The Morgan fingerprint density at radius 1 is 1.33 bits per heavy atom. The van der Waals surface area contributed by atoms with Crippen LogP contribution in [0.3, 0.4) is 0 Å². The summed E-state index contributed by atoms with van der Waals surface area (Å²) in [5, 5.41) is 16.3. The number of likely N-dealkylation sites (tertiary alicyclic amines) is 1. The normalized spacial score (nSPS) is 16.4. The number of thiazole rings is 1. The molecule has 1 fully saturated rings. The van der Waals surface area contributed by atoms with Crippen LogP contribution in [0.1, 0.15) is 35.8 Å². The van der Waals surface area contributed by atoms with Gasteiger partial charge in [-0.1, -0.05) is 13.8 Å². The maximum Gasteiger partial charge on any atom is 0.411 e. The van der Waals surface area contributed by atoms with Crippen LogP contribution in [-0.2, 0) is 15.3 Å². The third kappa shape index (κ3) is 7.89. The van der Waals surface area contributed by atoms with E-state index < -0.39 is 49.4 Å². The molecule has 36 heavy (non-hydrogen) atoms. The van der Waals surface area contributed by atoms with E-state index in [1.54, 1.807) is 23.6 Å². The molecule has 3 amide bonds. The summed E-state index contributed by atoms with van der Waals surface area (Å²) in [6.45, 7) is 2.90. The van der Waals surface area contributed by atoms with Crippen molar-refractivity contribution in [3.63, 3.8) is 0 Å². The molecule has 9 nitrogen and oxygen atoms in total. The summed E-state index contributed by atoms with van der Waals surface area (Å²) in [7, 11) is 0. The molecule has 2 N–H and O–H groups in total. The number of nitrogens with one attached hydrogen (secondary N) is 2. The van der Waals surface area contributed by atoms with Crippen molar-refractivity contribution in [1.29, 1.82) is 5.26 Å². The highest BCUT2D eigenvalue weighted by Crippen LogP contribution is 2.31. The first-order valence-electron chi connectivity index (χ1n) is 11.0. The number of aromatic nitrogens is 1. The molecule has 0 aliphatic carbocycles. The molecule has 1 aliphatic rings. The number of hydrogen-bond acceptors (Lipinski definition) is 8. The van der Waals surface area contributed by atoms with E-state index in [-0.39, 0.29) is 11.6 Å². The van der Waals surface area contributed by atoms with Gasteiger partial charge in [0.2, 0.25) is 5.91 Å².